The maximum Gasteiger partial charge on any atom is 0.244 e. The smallest absolute Gasteiger partial charge is 0.244 e. The Kier molecular flexibility index (Phi) is 6.57. The number of nitrogens with zero attached hydrogens (tertiary/aromatic N) is 1. The van der Waals surface area contributed by atoms with Crippen LogP contribution in [0.5, 0.6) is 0 Å². The van der Waals surface area contributed by atoms with Crippen molar-refractivity contribution >= 4 is 17.7 Å². The molecule has 120 valence electrons. The van der Waals surface area contributed by atoms with Gasteiger partial charge in [0.15, 0.2) is 0 Å². The summed E-state index contributed by atoms with van der Waals surface area (Å²) in [5.41, 5.74) is 5.70. The molecule has 0 aromatic heterocycles. The first-order valence-corrected chi connectivity index (χ1v) is 7.00. The van der Waals surface area contributed by atoms with E-state index in [1.165, 1.54) is 11.9 Å². The third-order valence-corrected chi connectivity index (χ3v) is 3.43. The van der Waals surface area contributed by atoms with Gasteiger partial charge in [-0.05, 0) is 5.92 Å². The van der Waals surface area contributed by atoms with Gasteiger partial charge in [-0.3, -0.25) is 14.4 Å². The molecule has 8 nitrogen and oxygen atoms in total. The van der Waals surface area contributed by atoms with Gasteiger partial charge in [-0.15, -0.1) is 0 Å². The van der Waals surface area contributed by atoms with Crippen molar-refractivity contribution in [3.8, 4) is 0 Å². The largest absolute Gasteiger partial charge is 0.377 e. The molecule has 1 saturated heterocycles. The molecular formula is C13H24N4O4. The normalized spacial score (nSPS) is 20.0. The average molecular weight is 300 g/mol. The number of ether oxygens (including phenoxy) is 1. The van der Waals surface area contributed by atoms with Crippen molar-refractivity contribution in [3.05, 3.63) is 0 Å². The summed E-state index contributed by atoms with van der Waals surface area (Å²) in [4.78, 5) is 37.0. The van der Waals surface area contributed by atoms with E-state index in [-0.39, 0.29) is 36.8 Å². The van der Waals surface area contributed by atoms with Crippen molar-refractivity contribution in [2.75, 3.05) is 33.4 Å². The topological polar surface area (TPSA) is 114 Å². The monoisotopic (exact) mass is 300 g/mol. The molecule has 3 amide bonds. The molecule has 0 saturated carbocycles. The first kappa shape index (κ1) is 17.4. The van der Waals surface area contributed by atoms with Crippen LogP contribution in [0.3, 0.4) is 0 Å². The Morgan fingerprint density at radius 3 is 2.62 bits per heavy atom. The van der Waals surface area contributed by atoms with Crippen LogP contribution in [-0.4, -0.2) is 68.1 Å². The highest BCUT2D eigenvalue weighted by Crippen LogP contribution is 2.07. The van der Waals surface area contributed by atoms with E-state index >= 15 is 0 Å². The Bertz CT molecular complexity index is 400. The lowest BCUT2D eigenvalue weighted by Crippen LogP contribution is -2.57. The predicted octanol–water partition coefficient (Wildman–Crippen LogP) is -1.94. The van der Waals surface area contributed by atoms with Crippen LogP contribution in [0, 0.1) is 5.92 Å². The van der Waals surface area contributed by atoms with Crippen LogP contribution in [0.1, 0.15) is 13.8 Å². The lowest BCUT2D eigenvalue weighted by atomic mass is 10.1. The van der Waals surface area contributed by atoms with Crippen LogP contribution >= 0.6 is 0 Å². The molecule has 4 N–H and O–H groups in total. The first-order chi connectivity index (χ1) is 9.88. The number of hydrogen-bond acceptors (Lipinski definition) is 5. The van der Waals surface area contributed by atoms with Crippen LogP contribution in [0.2, 0.25) is 0 Å². The van der Waals surface area contributed by atoms with Gasteiger partial charge in [0, 0.05) is 13.6 Å². The second-order valence-corrected chi connectivity index (χ2v) is 5.28. The molecule has 2 atom stereocenters. The van der Waals surface area contributed by atoms with Gasteiger partial charge in [0.25, 0.3) is 0 Å². The third-order valence-electron chi connectivity index (χ3n) is 3.43. The summed E-state index contributed by atoms with van der Waals surface area (Å²) in [7, 11) is 1.50. The van der Waals surface area contributed by atoms with Crippen molar-refractivity contribution in [2.24, 2.45) is 11.7 Å². The van der Waals surface area contributed by atoms with Crippen molar-refractivity contribution in [1.82, 2.24) is 15.5 Å². The molecule has 0 aromatic rings. The van der Waals surface area contributed by atoms with Crippen LogP contribution in [0.15, 0.2) is 0 Å². The highest BCUT2D eigenvalue weighted by atomic mass is 16.5. The molecule has 1 rings (SSSR count). The van der Waals surface area contributed by atoms with E-state index in [1.54, 1.807) is 0 Å². The highest BCUT2D eigenvalue weighted by molar-refractivity contribution is 5.91. The van der Waals surface area contributed by atoms with Crippen LogP contribution in [0.25, 0.3) is 0 Å². The number of nitrogens with one attached hydrogen (secondary N) is 2. The summed E-state index contributed by atoms with van der Waals surface area (Å²) in [5, 5.41) is 5.01. The van der Waals surface area contributed by atoms with Gasteiger partial charge in [-0.1, -0.05) is 13.8 Å². The number of morpholine rings is 1. The van der Waals surface area contributed by atoms with Crippen LogP contribution in [0.4, 0.5) is 0 Å². The van der Waals surface area contributed by atoms with Crippen molar-refractivity contribution in [2.45, 2.75) is 25.9 Å². The van der Waals surface area contributed by atoms with Gasteiger partial charge in [0.05, 0.1) is 25.8 Å². The fraction of sp³-hybridized carbons (Fsp3) is 0.769. The molecule has 21 heavy (non-hydrogen) atoms. The zero-order chi connectivity index (χ0) is 16.0. The van der Waals surface area contributed by atoms with Crippen LogP contribution in [-0.2, 0) is 19.1 Å². The molecule has 0 spiro atoms. The van der Waals surface area contributed by atoms with Crippen LogP contribution < -0.4 is 16.4 Å². The SMILES string of the molecule is CNC(=O)C1COCCN1C(=O)CNC(=O)[C@@H](N)C(C)C. The Hall–Kier alpha value is -1.67. The van der Waals surface area contributed by atoms with Gasteiger partial charge >= 0.3 is 0 Å². The van der Waals surface area contributed by atoms with E-state index in [0.717, 1.165) is 0 Å². The lowest BCUT2D eigenvalue weighted by molar-refractivity contribution is -0.148. The number of likely N-dealkylation sites (N-methyl/N-ethyl adjacent to an activating group) is 1. The molecule has 1 fully saturated rings. The second-order valence-electron chi connectivity index (χ2n) is 5.28. The molecule has 1 aliphatic heterocycles. The summed E-state index contributed by atoms with van der Waals surface area (Å²) in [6.07, 6.45) is 0. The Morgan fingerprint density at radius 1 is 1.38 bits per heavy atom. The number of rotatable bonds is 5. The summed E-state index contributed by atoms with van der Waals surface area (Å²) in [6.45, 7) is 4.34. The number of amides is 3. The number of carbonyl (C=O) groups is 3. The zero-order valence-electron chi connectivity index (χ0n) is 12.7. The van der Waals surface area contributed by atoms with Gasteiger partial charge in [0.1, 0.15) is 6.04 Å². The molecule has 1 heterocycles. The molecule has 0 bridgehead atoms. The third kappa shape index (κ3) is 4.68. The number of hydrogen-bond donors (Lipinski definition) is 3. The standard InChI is InChI=1S/C13H24N4O4/c1-8(2)11(14)13(20)16-6-10(18)17-4-5-21-7-9(17)12(19)15-3/h8-9,11H,4-7,14H2,1-3H3,(H,15,19)(H,16,20)/t9?,11-/m0/s1. The summed E-state index contributed by atoms with van der Waals surface area (Å²) >= 11 is 0. The van der Waals surface area contributed by atoms with E-state index in [4.69, 9.17) is 10.5 Å². The molecule has 8 heteroatoms. The van der Waals surface area contributed by atoms with Gasteiger partial charge in [-0.25, -0.2) is 0 Å². The minimum absolute atomic E-state index is 0.0119. The summed E-state index contributed by atoms with van der Waals surface area (Å²) < 4.78 is 5.22. The maximum absolute atomic E-state index is 12.2. The average Bonchev–Trinajstić information content (AvgIpc) is 2.50. The Labute approximate surface area is 124 Å². The molecule has 1 aliphatic rings. The van der Waals surface area contributed by atoms with E-state index in [2.05, 4.69) is 10.6 Å². The number of carbonyl (C=O) groups excluding carboxylic acids is 3. The van der Waals surface area contributed by atoms with E-state index in [9.17, 15) is 14.4 Å². The zero-order valence-corrected chi connectivity index (χ0v) is 12.7. The van der Waals surface area contributed by atoms with E-state index < -0.39 is 12.1 Å². The predicted molar refractivity (Wildman–Crippen MR) is 76.2 cm³/mol. The number of nitrogens with two attached hydrogens (primary N) is 1. The quantitative estimate of drug-likeness (QED) is 0.546. The summed E-state index contributed by atoms with van der Waals surface area (Å²) in [5.74, 6) is -0.991. The molecular weight excluding hydrogens is 276 g/mol. The lowest BCUT2D eigenvalue weighted by Gasteiger charge is -2.34. The van der Waals surface area contributed by atoms with Gasteiger partial charge < -0.3 is 26.0 Å². The minimum atomic E-state index is -0.660. The van der Waals surface area contributed by atoms with Crippen molar-refractivity contribution < 1.29 is 19.1 Å². The van der Waals surface area contributed by atoms with Gasteiger partial charge in [-0.2, -0.15) is 0 Å². The van der Waals surface area contributed by atoms with Gasteiger partial charge in [0.2, 0.25) is 17.7 Å². The molecule has 0 radical (unpaired) electrons. The Morgan fingerprint density at radius 2 is 2.05 bits per heavy atom. The van der Waals surface area contributed by atoms with E-state index in [1.807, 2.05) is 13.8 Å². The van der Waals surface area contributed by atoms with E-state index in [0.29, 0.717) is 13.2 Å². The first-order valence-electron chi connectivity index (χ1n) is 7.00. The maximum atomic E-state index is 12.2. The highest BCUT2D eigenvalue weighted by Gasteiger charge is 2.32. The summed E-state index contributed by atoms with van der Waals surface area (Å²) in [6, 6.07) is -1.32. The molecule has 0 aliphatic carbocycles. The fourth-order valence-electron chi connectivity index (χ4n) is 1.97. The molecule has 0 aromatic carbocycles. The Balaban J connectivity index is 2.56. The minimum Gasteiger partial charge on any atom is -0.377 e. The van der Waals surface area contributed by atoms with Crippen molar-refractivity contribution in [1.29, 1.82) is 0 Å². The van der Waals surface area contributed by atoms with Crippen molar-refractivity contribution in [3.63, 3.8) is 0 Å². The molecule has 1 unspecified atom stereocenters. The second kappa shape index (κ2) is 7.94. The fourth-order valence-corrected chi connectivity index (χ4v) is 1.97.